The third-order valence-corrected chi connectivity index (χ3v) is 5.64. The highest BCUT2D eigenvalue weighted by Gasteiger charge is 2.21. The van der Waals surface area contributed by atoms with Crippen molar-refractivity contribution in [2.75, 3.05) is 37.6 Å². The van der Waals surface area contributed by atoms with Crippen molar-refractivity contribution in [3.8, 4) is 0 Å². The number of carbonyl (C=O) groups excluding carboxylic acids is 1. The molecule has 1 fully saturated rings. The molecule has 1 aliphatic rings. The van der Waals surface area contributed by atoms with Gasteiger partial charge in [-0.3, -0.25) is 9.78 Å². The number of benzene rings is 1. The number of hydrogen-bond donors (Lipinski definition) is 1. The molecule has 0 aliphatic carbocycles. The molecule has 148 valence electrons. The van der Waals surface area contributed by atoms with Crippen molar-refractivity contribution in [3.05, 3.63) is 65.8 Å². The maximum absolute atomic E-state index is 12.4. The zero-order valence-electron chi connectivity index (χ0n) is 15.6. The highest BCUT2D eigenvalue weighted by molar-refractivity contribution is 7.92. The highest BCUT2D eigenvalue weighted by atomic mass is 32.2. The molecular formula is C20H24N4O3S. The van der Waals surface area contributed by atoms with Crippen LogP contribution in [0.25, 0.3) is 6.08 Å². The topological polar surface area (TPSA) is 82.6 Å². The van der Waals surface area contributed by atoms with E-state index in [9.17, 15) is 13.2 Å². The number of amides is 1. The van der Waals surface area contributed by atoms with E-state index < -0.39 is 10.0 Å². The number of nitrogens with zero attached hydrogens (tertiary/aromatic N) is 3. The zero-order chi connectivity index (χ0) is 19.8. The number of aromatic nitrogens is 1. The Kier molecular flexibility index (Phi) is 6.78. The van der Waals surface area contributed by atoms with Gasteiger partial charge < -0.3 is 9.80 Å². The van der Waals surface area contributed by atoms with Crippen LogP contribution in [0, 0.1) is 0 Å². The fourth-order valence-electron chi connectivity index (χ4n) is 3.01. The third kappa shape index (κ3) is 5.90. The van der Waals surface area contributed by atoms with Crippen molar-refractivity contribution in [3.63, 3.8) is 0 Å². The van der Waals surface area contributed by atoms with E-state index in [4.69, 9.17) is 0 Å². The number of rotatable bonds is 7. The summed E-state index contributed by atoms with van der Waals surface area (Å²) < 4.78 is 26.5. The molecule has 0 saturated carbocycles. The minimum Gasteiger partial charge on any atom is -0.368 e. The van der Waals surface area contributed by atoms with Gasteiger partial charge in [0.1, 0.15) is 0 Å². The van der Waals surface area contributed by atoms with Crippen LogP contribution in [0.15, 0.2) is 60.3 Å². The standard InChI is InChI=1S/C20H24N4O3S/c25-20(24-15-13-23(14-16-24)19-6-10-21-11-7-19)8-12-22-28(26,27)17-9-18-4-2-1-3-5-18/h1-7,9-11,17,22H,8,12-16H2/b17-9+. The van der Waals surface area contributed by atoms with E-state index in [1.807, 2.05) is 42.5 Å². The molecule has 1 amide bonds. The molecule has 0 unspecified atom stereocenters. The second-order valence-electron chi connectivity index (χ2n) is 6.48. The first-order chi connectivity index (χ1) is 13.5. The number of hydrogen-bond acceptors (Lipinski definition) is 5. The van der Waals surface area contributed by atoms with E-state index in [1.54, 1.807) is 17.3 Å². The van der Waals surface area contributed by atoms with Crippen LogP contribution in [-0.4, -0.2) is 56.9 Å². The summed E-state index contributed by atoms with van der Waals surface area (Å²) in [7, 11) is -3.57. The van der Waals surface area contributed by atoms with Crippen molar-refractivity contribution in [2.24, 2.45) is 0 Å². The van der Waals surface area contributed by atoms with Crippen LogP contribution in [0.1, 0.15) is 12.0 Å². The van der Waals surface area contributed by atoms with E-state index >= 15 is 0 Å². The lowest BCUT2D eigenvalue weighted by atomic mass is 10.2. The van der Waals surface area contributed by atoms with Crippen molar-refractivity contribution < 1.29 is 13.2 Å². The summed E-state index contributed by atoms with van der Waals surface area (Å²) in [6.07, 6.45) is 5.19. The fraction of sp³-hybridized carbons (Fsp3) is 0.300. The molecule has 8 heteroatoms. The van der Waals surface area contributed by atoms with Gasteiger partial charge in [-0.1, -0.05) is 30.3 Å². The monoisotopic (exact) mass is 400 g/mol. The maximum atomic E-state index is 12.4. The molecular weight excluding hydrogens is 376 g/mol. The van der Waals surface area contributed by atoms with Gasteiger partial charge in [0.05, 0.1) is 0 Å². The molecule has 2 heterocycles. The second kappa shape index (κ2) is 9.48. The Balaban J connectivity index is 1.41. The van der Waals surface area contributed by atoms with Gasteiger partial charge in [0.15, 0.2) is 0 Å². The second-order valence-corrected chi connectivity index (χ2v) is 8.13. The van der Waals surface area contributed by atoms with E-state index in [1.165, 1.54) is 6.08 Å². The lowest BCUT2D eigenvalue weighted by Gasteiger charge is -2.36. The van der Waals surface area contributed by atoms with Crippen molar-refractivity contribution in [2.45, 2.75) is 6.42 Å². The smallest absolute Gasteiger partial charge is 0.233 e. The summed E-state index contributed by atoms with van der Waals surface area (Å²) in [5, 5.41) is 1.13. The van der Waals surface area contributed by atoms with Crippen molar-refractivity contribution in [1.29, 1.82) is 0 Å². The summed E-state index contributed by atoms with van der Waals surface area (Å²) in [5.41, 5.74) is 1.90. The van der Waals surface area contributed by atoms with E-state index in [2.05, 4.69) is 14.6 Å². The molecule has 1 aromatic carbocycles. The van der Waals surface area contributed by atoms with Crippen LogP contribution >= 0.6 is 0 Å². The molecule has 0 bridgehead atoms. The van der Waals surface area contributed by atoms with Gasteiger partial charge in [-0.2, -0.15) is 0 Å². The number of carbonyl (C=O) groups is 1. The first-order valence-corrected chi connectivity index (χ1v) is 10.7. The Morgan fingerprint density at radius 2 is 1.71 bits per heavy atom. The van der Waals surface area contributed by atoms with Gasteiger partial charge in [0, 0.05) is 62.6 Å². The lowest BCUT2D eigenvalue weighted by Crippen LogP contribution is -2.49. The molecule has 7 nitrogen and oxygen atoms in total. The molecule has 0 radical (unpaired) electrons. The molecule has 1 N–H and O–H groups in total. The summed E-state index contributed by atoms with van der Waals surface area (Å²) in [6.45, 7) is 2.84. The first kappa shape index (κ1) is 20.0. The summed E-state index contributed by atoms with van der Waals surface area (Å²) >= 11 is 0. The van der Waals surface area contributed by atoms with Gasteiger partial charge in [0.25, 0.3) is 0 Å². The number of pyridine rings is 1. The van der Waals surface area contributed by atoms with Gasteiger partial charge in [0.2, 0.25) is 15.9 Å². The van der Waals surface area contributed by atoms with Crippen LogP contribution in [0.2, 0.25) is 0 Å². The predicted octanol–water partition coefficient (Wildman–Crippen LogP) is 1.71. The van der Waals surface area contributed by atoms with Gasteiger partial charge in [-0.15, -0.1) is 0 Å². The van der Waals surface area contributed by atoms with Crippen molar-refractivity contribution >= 4 is 27.7 Å². The normalized spacial score (nSPS) is 15.1. The minimum atomic E-state index is -3.57. The van der Waals surface area contributed by atoms with E-state index in [-0.39, 0.29) is 18.9 Å². The molecule has 0 atom stereocenters. The number of nitrogens with one attached hydrogen (secondary N) is 1. The molecule has 2 aromatic rings. The fourth-order valence-corrected chi connectivity index (χ4v) is 3.83. The Morgan fingerprint density at radius 3 is 2.39 bits per heavy atom. The average molecular weight is 401 g/mol. The minimum absolute atomic E-state index is 0.0379. The highest BCUT2D eigenvalue weighted by Crippen LogP contribution is 2.15. The SMILES string of the molecule is O=C(CCNS(=O)(=O)/C=C/c1ccccc1)N1CCN(c2ccncc2)CC1. The Labute approximate surface area is 165 Å². The van der Waals surface area contributed by atoms with Crippen LogP contribution in [0.5, 0.6) is 0 Å². The molecule has 1 aromatic heterocycles. The maximum Gasteiger partial charge on any atom is 0.233 e. The Hall–Kier alpha value is -2.71. The van der Waals surface area contributed by atoms with E-state index in [0.29, 0.717) is 13.1 Å². The van der Waals surface area contributed by atoms with Gasteiger partial charge in [-0.05, 0) is 23.8 Å². The predicted molar refractivity (Wildman–Crippen MR) is 110 cm³/mol. The van der Waals surface area contributed by atoms with Crippen LogP contribution in [-0.2, 0) is 14.8 Å². The summed E-state index contributed by atoms with van der Waals surface area (Å²) in [6, 6.07) is 13.1. The van der Waals surface area contributed by atoms with E-state index in [0.717, 1.165) is 29.7 Å². The summed E-state index contributed by atoms with van der Waals surface area (Å²) in [4.78, 5) is 20.4. The first-order valence-electron chi connectivity index (χ1n) is 9.19. The van der Waals surface area contributed by atoms with Crippen molar-refractivity contribution in [1.82, 2.24) is 14.6 Å². The number of anilines is 1. The molecule has 1 saturated heterocycles. The third-order valence-electron chi connectivity index (χ3n) is 4.54. The average Bonchev–Trinajstić information content (AvgIpc) is 2.74. The Bertz CT molecular complexity index is 894. The van der Waals surface area contributed by atoms with Gasteiger partial charge in [-0.25, -0.2) is 13.1 Å². The number of sulfonamides is 1. The Morgan fingerprint density at radius 1 is 1.04 bits per heavy atom. The quantitative estimate of drug-likeness (QED) is 0.765. The summed E-state index contributed by atoms with van der Waals surface area (Å²) in [5.74, 6) is -0.0379. The zero-order valence-corrected chi connectivity index (χ0v) is 16.4. The molecule has 3 rings (SSSR count). The van der Waals surface area contributed by atoms with Crippen LogP contribution < -0.4 is 9.62 Å². The van der Waals surface area contributed by atoms with Crippen LogP contribution in [0.4, 0.5) is 5.69 Å². The molecule has 0 spiro atoms. The van der Waals surface area contributed by atoms with Gasteiger partial charge >= 0.3 is 0 Å². The molecule has 28 heavy (non-hydrogen) atoms. The lowest BCUT2D eigenvalue weighted by molar-refractivity contribution is -0.131. The van der Waals surface area contributed by atoms with Crippen LogP contribution in [0.3, 0.4) is 0 Å². The molecule has 1 aliphatic heterocycles. The number of piperazine rings is 1. The largest absolute Gasteiger partial charge is 0.368 e.